The van der Waals surface area contributed by atoms with Gasteiger partial charge in [-0.3, -0.25) is 9.48 Å². The van der Waals surface area contributed by atoms with E-state index in [0.29, 0.717) is 30.1 Å². The number of nitrogens with zero attached hydrogens (tertiary/aromatic N) is 2. The maximum Gasteiger partial charge on any atom is 0.255 e. The Morgan fingerprint density at radius 3 is 2.34 bits per heavy atom. The van der Waals surface area contributed by atoms with Crippen LogP contribution in [0, 0.1) is 0 Å². The number of rotatable bonds is 8. The number of benzene rings is 3. The molecule has 0 unspecified atom stereocenters. The van der Waals surface area contributed by atoms with Gasteiger partial charge in [0.2, 0.25) is 0 Å². The van der Waals surface area contributed by atoms with Gasteiger partial charge < -0.3 is 10.1 Å². The van der Waals surface area contributed by atoms with Crippen molar-refractivity contribution in [1.82, 2.24) is 15.1 Å². The lowest BCUT2D eigenvalue weighted by Crippen LogP contribution is -2.27. The maximum atomic E-state index is 13.2. The Kier molecular flexibility index (Phi) is 6.66. The van der Waals surface area contributed by atoms with Crippen LogP contribution < -0.4 is 10.1 Å². The van der Waals surface area contributed by atoms with Gasteiger partial charge in [-0.05, 0) is 29.2 Å². The third-order valence-corrected chi connectivity index (χ3v) is 5.49. The molecular formula is C27H27N3O2. The van der Waals surface area contributed by atoms with E-state index >= 15 is 0 Å². The van der Waals surface area contributed by atoms with E-state index in [1.165, 1.54) is 5.56 Å². The molecule has 4 aromatic rings. The number of hydrogen-bond donors (Lipinski definition) is 1. The fraction of sp³-hybridized carbons (Fsp3) is 0.185. The molecule has 162 valence electrons. The van der Waals surface area contributed by atoms with Crippen LogP contribution in [0.1, 0.15) is 34.3 Å². The molecule has 3 aromatic carbocycles. The van der Waals surface area contributed by atoms with Gasteiger partial charge in [-0.15, -0.1) is 0 Å². The van der Waals surface area contributed by atoms with E-state index in [2.05, 4.69) is 24.4 Å². The first-order chi connectivity index (χ1) is 15.7. The lowest BCUT2D eigenvalue weighted by Gasteiger charge is -2.13. The summed E-state index contributed by atoms with van der Waals surface area (Å²) in [6.07, 6.45) is 1.82. The molecule has 0 saturated carbocycles. The molecule has 1 aromatic heterocycles. The predicted molar refractivity (Wildman–Crippen MR) is 127 cm³/mol. The standard InChI is InChI=1S/C27H27N3O2/c1-20(22-13-7-4-8-14-22)17-28-27(31)24-19-30(18-21-11-5-3-6-12-21)29-26(24)23-15-9-10-16-25(23)32-2/h3-16,19-20H,17-18H2,1-2H3,(H,28,31)/t20-/m0/s1. The van der Waals surface area contributed by atoms with Crippen LogP contribution in [0.5, 0.6) is 5.75 Å². The molecule has 0 spiro atoms. The highest BCUT2D eigenvalue weighted by atomic mass is 16.5. The van der Waals surface area contributed by atoms with E-state index in [9.17, 15) is 4.79 Å². The highest BCUT2D eigenvalue weighted by molar-refractivity contribution is 6.00. The van der Waals surface area contributed by atoms with Gasteiger partial charge in [-0.1, -0.05) is 79.7 Å². The number of para-hydroxylation sites is 1. The second-order valence-corrected chi connectivity index (χ2v) is 7.80. The van der Waals surface area contributed by atoms with Crippen LogP contribution in [0.3, 0.4) is 0 Å². The van der Waals surface area contributed by atoms with Crippen molar-refractivity contribution in [1.29, 1.82) is 0 Å². The molecule has 5 nitrogen and oxygen atoms in total. The average Bonchev–Trinajstić information content (AvgIpc) is 3.27. The third kappa shape index (κ3) is 4.89. The normalized spacial score (nSPS) is 11.7. The van der Waals surface area contributed by atoms with Crippen LogP contribution in [-0.2, 0) is 6.54 Å². The molecule has 0 fully saturated rings. The third-order valence-electron chi connectivity index (χ3n) is 5.49. The number of ether oxygens (including phenoxy) is 1. The zero-order valence-corrected chi connectivity index (χ0v) is 18.4. The van der Waals surface area contributed by atoms with Crippen molar-refractivity contribution >= 4 is 5.91 Å². The van der Waals surface area contributed by atoms with Crippen molar-refractivity contribution in [2.45, 2.75) is 19.4 Å². The van der Waals surface area contributed by atoms with Gasteiger partial charge in [0.05, 0.1) is 19.2 Å². The number of carbonyl (C=O) groups excluding carboxylic acids is 1. The van der Waals surface area contributed by atoms with E-state index in [1.54, 1.807) is 7.11 Å². The fourth-order valence-corrected chi connectivity index (χ4v) is 3.72. The van der Waals surface area contributed by atoms with E-state index in [0.717, 1.165) is 11.1 Å². The molecule has 0 bridgehead atoms. The molecule has 1 atom stereocenters. The summed E-state index contributed by atoms with van der Waals surface area (Å²) in [4.78, 5) is 13.2. The van der Waals surface area contributed by atoms with Crippen LogP contribution >= 0.6 is 0 Å². The van der Waals surface area contributed by atoms with Crippen molar-refractivity contribution in [2.75, 3.05) is 13.7 Å². The quantitative estimate of drug-likeness (QED) is 0.425. The molecule has 0 aliphatic carbocycles. The topological polar surface area (TPSA) is 56.2 Å². The highest BCUT2D eigenvalue weighted by Crippen LogP contribution is 2.31. The Balaban J connectivity index is 1.62. The zero-order chi connectivity index (χ0) is 22.3. The Labute approximate surface area is 188 Å². The van der Waals surface area contributed by atoms with Crippen LogP contribution in [0.4, 0.5) is 0 Å². The van der Waals surface area contributed by atoms with Gasteiger partial charge in [0.1, 0.15) is 11.4 Å². The van der Waals surface area contributed by atoms with E-state index < -0.39 is 0 Å². The molecule has 32 heavy (non-hydrogen) atoms. The Morgan fingerprint density at radius 1 is 0.969 bits per heavy atom. The van der Waals surface area contributed by atoms with Crippen molar-refractivity contribution in [3.05, 3.63) is 108 Å². The lowest BCUT2D eigenvalue weighted by molar-refractivity contribution is 0.0952. The molecule has 0 saturated heterocycles. The minimum atomic E-state index is -0.145. The molecule has 0 aliphatic heterocycles. The average molecular weight is 426 g/mol. The zero-order valence-electron chi connectivity index (χ0n) is 18.4. The van der Waals surface area contributed by atoms with Gasteiger partial charge in [0.25, 0.3) is 5.91 Å². The molecular weight excluding hydrogens is 398 g/mol. The van der Waals surface area contributed by atoms with Crippen molar-refractivity contribution in [3.8, 4) is 17.0 Å². The molecule has 5 heteroatoms. The molecule has 0 aliphatic rings. The van der Waals surface area contributed by atoms with Crippen LogP contribution in [0.15, 0.2) is 91.1 Å². The number of hydrogen-bond acceptors (Lipinski definition) is 3. The Morgan fingerprint density at radius 2 is 1.62 bits per heavy atom. The molecule has 1 N–H and O–H groups in total. The predicted octanol–water partition coefficient (Wildman–Crippen LogP) is 5.14. The summed E-state index contributed by atoms with van der Waals surface area (Å²) in [6.45, 7) is 3.23. The molecule has 1 amide bonds. The second kappa shape index (κ2) is 9.96. The summed E-state index contributed by atoms with van der Waals surface area (Å²) in [5.41, 5.74) is 4.25. The Bertz CT molecular complexity index is 1170. The number of nitrogens with one attached hydrogen (secondary N) is 1. The van der Waals surface area contributed by atoms with Crippen LogP contribution in [0.25, 0.3) is 11.3 Å². The summed E-state index contributed by atoms with van der Waals surface area (Å²) in [5.74, 6) is 0.742. The lowest BCUT2D eigenvalue weighted by atomic mass is 10.0. The minimum Gasteiger partial charge on any atom is -0.496 e. The number of carbonyl (C=O) groups is 1. The number of methoxy groups -OCH3 is 1. The van der Waals surface area contributed by atoms with Gasteiger partial charge >= 0.3 is 0 Å². The largest absolute Gasteiger partial charge is 0.496 e. The minimum absolute atomic E-state index is 0.145. The van der Waals surface area contributed by atoms with Crippen LogP contribution in [-0.4, -0.2) is 29.3 Å². The van der Waals surface area contributed by atoms with Gasteiger partial charge in [-0.25, -0.2) is 0 Å². The molecule has 1 heterocycles. The summed E-state index contributed by atoms with van der Waals surface area (Å²) in [6, 6.07) is 27.9. The fourth-order valence-electron chi connectivity index (χ4n) is 3.72. The second-order valence-electron chi connectivity index (χ2n) is 7.80. The summed E-state index contributed by atoms with van der Waals surface area (Å²) in [5, 5.41) is 7.86. The summed E-state index contributed by atoms with van der Waals surface area (Å²) in [7, 11) is 1.63. The van der Waals surface area contributed by atoms with Crippen molar-refractivity contribution in [3.63, 3.8) is 0 Å². The van der Waals surface area contributed by atoms with E-state index in [-0.39, 0.29) is 11.8 Å². The Hall–Kier alpha value is -3.86. The highest BCUT2D eigenvalue weighted by Gasteiger charge is 2.21. The smallest absolute Gasteiger partial charge is 0.255 e. The monoisotopic (exact) mass is 425 g/mol. The number of aromatic nitrogens is 2. The van der Waals surface area contributed by atoms with Crippen molar-refractivity contribution in [2.24, 2.45) is 0 Å². The van der Waals surface area contributed by atoms with Gasteiger partial charge in [-0.2, -0.15) is 5.10 Å². The first kappa shape index (κ1) is 21.4. The first-order valence-electron chi connectivity index (χ1n) is 10.7. The number of amides is 1. The molecule has 4 rings (SSSR count). The van der Waals surface area contributed by atoms with Crippen LogP contribution in [0.2, 0.25) is 0 Å². The van der Waals surface area contributed by atoms with Gasteiger partial charge in [0.15, 0.2) is 0 Å². The summed E-state index contributed by atoms with van der Waals surface area (Å²) >= 11 is 0. The molecule has 0 radical (unpaired) electrons. The first-order valence-corrected chi connectivity index (χ1v) is 10.7. The summed E-state index contributed by atoms with van der Waals surface area (Å²) < 4.78 is 7.35. The van der Waals surface area contributed by atoms with Crippen molar-refractivity contribution < 1.29 is 9.53 Å². The van der Waals surface area contributed by atoms with E-state index in [1.807, 2.05) is 83.7 Å². The van der Waals surface area contributed by atoms with E-state index in [4.69, 9.17) is 9.84 Å². The maximum absolute atomic E-state index is 13.2. The SMILES string of the molecule is COc1ccccc1-c1nn(Cc2ccccc2)cc1C(=O)NC[C@H](C)c1ccccc1. The van der Waals surface area contributed by atoms with Gasteiger partial charge in [0, 0.05) is 18.3 Å².